The first-order valence-electron chi connectivity index (χ1n) is 9.26. The van der Waals surface area contributed by atoms with Gasteiger partial charge in [-0.3, -0.25) is 0 Å². The van der Waals surface area contributed by atoms with Crippen LogP contribution in [0.15, 0.2) is 78.9 Å². The number of rotatable bonds is 3. The van der Waals surface area contributed by atoms with E-state index in [0.29, 0.717) is 0 Å². The van der Waals surface area contributed by atoms with Gasteiger partial charge in [0.1, 0.15) is 5.75 Å². The van der Waals surface area contributed by atoms with E-state index in [9.17, 15) is 0 Å². The van der Waals surface area contributed by atoms with E-state index in [1.54, 1.807) is 7.11 Å². The van der Waals surface area contributed by atoms with Crippen LogP contribution in [0.5, 0.6) is 5.75 Å². The van der Waals surface area contributed by atoms with Crippen LogP contribution in [-0.4, -0.2) is 16.7 Å². The largest absolute Gasteiger partial charge is 0.497 e. The molecule has 0 saturated carbocycles. The highest BCUT2D eigenvalue weighted by Gasteiger charge is 2.31. The van der Waals surface area contributed by atoms with Gasteiger partial charge in [-0.25, -0.2) is 4.98 Å². The van der Waals surface area contributed by atoms with Crippen LogP contribution in [0.4, 0.5) is 5.95 Å². The van der Waals surface area contributed by atoms with Crippen molar-refractivity contribution in [1.82, 2.24) is 9.55 Å². The maximum Gasteiger partial charge on any atom is 0.204 e. The van der Waals surface area contributed by atoms with E-state index in [0.717, 1.165) is 29.2 Å². The highest BCUT2D eigenvalue weighted by atomic mass is 16.5. The number of fused-ring (bicyclic) bond motifs is 3. The van der Waals surface area contributed by atoms with E-state index in [1.165, 1.54) is 11.1 Å². The molecule has 27 heavy (non-hydrogen) atoms. The van der Waals surface area contributed by atoms with Gasteiger partial charge in [0.25, 0.3) is 0 Å². The summed E-state index contributed by atoms with van der Waals surface area (Å²) in [6, 6.07) is 27.7. The molecule has 2 unspecified atom stereocenters. The number of benzene rings is 3. The zero-order valence-corrected chi connectivity index (χ0v) is 15.2. The Morgan fingerprint density at radius 2 is 1.70 bits per heavy atom. The Bertz CT molecular complexity index is 1090. The van der Waals surface area contributed by atoms with Crippen molar-refractivity contribution >= 4 is 17.0 Å². The fraction of sp³-hybridized carbons (Fsp3) is 0.174. The molecule has 4 aromatic rings. The van der Waals surface area contributed by atoms with E-state index in [1.807, 2.05) is 12.1 Å². The third kappa shape index (κ3) is 2.74. The van der Waals surface area contributed by atoms with Gasteiger partial charge in [0.15, 0.2) is 0 Å². The van der Waals surface area contributed by atoms with Crippen molar-refractivity contribution in [2.75, 3.05) is 12.4 Å². The lowest BCUT2D eigenvalue weighted by molar-refractivity contribution is 0.411. The molecule has 3 aromatic carbocycles. The zero-order chi connectivity index (χ0) is 18.2. The third-order valence-electron chi connectivity index (χ3n) is 5.35. The van der Waals surface area contributed by atoms with Gasteiger partial charge in [-0.1, -0.05) is 54.6 Å². The van der Waals surface area contributed by atoms with Crippen LogP contribution in [0.1, 0.15) is 29.6 Å². The number of nitrogens with one attached hydrogen (secondary N) is 1. The predicted molar refractivity (Wildman–Crippen MR) is 108 cm³/mol. The Kier molecular flexibility index (Phi) is 3.82. The lowest BCUT2D eigenvalue weighted by Crippen LogP contribution is -2.27. The van der Waals surface area contributed by atoms with Crippen LogP contribution in [0.3, 0.4) is 0 Å². The molecule has 4 nitrogen and oxygen atoms in total. The minimum absolute atomic E-state index is 0.189. The number of hydrogen-bond donors (Lipinski definition) is 1. The first kappa shape index (κ1) is 15.9. The van der Waals surface area contributed by atoms with E-state index in [-0.39, 0.29) is 12.1 Å². The van der Waals surface area contributed by atoms with E-state index in [2.05, 4.69) is 76.6 Å². The minimum atomic E-state index is 0.189. The van der Waals surface area contributed by atoms with Gasteiger partial charge < -0.3 is 14.6 Å². The van der Waals surface area contributed by atoms with Crippen molar-refractivity contribution in [2.45, 2.75) is 18.5 Å². The van der Waals surface area contributed by atoms with E-state index < -0.39 is 0 Å². The van der Waals surface area contributed by atoms with Crippen LogP contribution < -0.4 is 10.1 Å². The SMILES string of the molecule is COc1cccc(C2CC(c3ccccc3)Nc3nc4ccccc4n32)c1. The number of imidazole rings is 1. The van der Waals surface area contributed by atoms with Crippen LogP contribution in [0.25, 0.3) is 11.0 Å². The molecule has 0 radical (unpaired) electrons. The highest BCUT2D eigenvalue weighted by molar-refractivity contribution is 5.79. The predicted octanol–water partition coefficient (Wildman–Crippen LogP) is 5.19. The standard InChI is InChI=1S/C23H21N3O/c1-27-18-11-7-10-17(14-18)22-15-20(16-8-3-2-4-9-16)25-23-24-19-12-5-6-13-21(19)26(22)23/h2-14,20,22H,15H2,1H3,(H,24,25). The van der Waals surface area contributed by atoms with Gasteiger partial charge in [0.05, 0.1) is 30.2 Å². The summed E-state index contributed by atoms with van der Waals surface area (Å²) in [7, 11) is 1.71. The topological polar surface area (TPSA) is 39.1 Å². The fourth-order valence-corrected chi connectivity index (χ4v) is 4.04. The summed E-state index contributed by atoms with van der Waals surface area (Å²) in [4.78, 5) is 4.87. The van der Waals surface area contributed by atoms with Crippen molar-refractivity contribution in [2.24, 2.45) is 0 Å². The molecule has 5 rings (SSSR count). The molecule has 0 bridgehead atoms. The summed E-state index contributed by atoms with van der Waals surface area (Å²) < 4.78 is 7.80. The molecule has 1 N–H and O–H groups in total. The maximum absolute atomic E-state index is 5.47. The molecule has 1 aromatic heterocycles. The second-order valence-electron chi connectivity index (χ2n) is 6.93. The smallest absolute Gasteiger partial charge is 0.204 e. The second kappa shape index (κ2) is 6.47. The number of ether oxygens (including phenoxy) is 1. The van der Waals surface area contributed by atoms with Crippen molar-refractivity contribution < 1.29 is 4.74 Å². The van der Waals surface area contributed by atoms with Gasteiger partial charge >= 0.3 is 0 Å². The average Bonchev–Trinajstić information content (AvgIpc) is 3.12. The summed E-state index contributed by atoms with van der Waals surface area (Å²) in [6.45, 7) is 0. The van der Waals surface area contributed by atoms with Gasteiger partial charge in [0.2, 0.25) is 5.95 Å². The van der Waals surface area contributed by atoms with Gasteiger partial charge in [-0.2, -0.15) is 0 Å². The molecule has 0 saturated heterocycles. The Labute approximate surface area is 158 Å². The van der Waals surface area contributed by atoms with Crippen molar-refractivity contribution in [3.8, 4) is 5.75 Å². The second-order valence-corrected chi connectivity index (χ2v) is 6.93. The van der Waals surface area contributed by atoms with E-state index in [4.69, 9.17) is 9.72 Å². The molecular weight excluding hydrogens is 334 g/mol. The fourth-order valence-electron chi connectivity index (χ4n) is 4.04. The van der Waals surface area contributed by atoms with Crippen molar-refractivity contribution in [3.05, 3.63) is 90.0 Å². The first-order valence-corrected chi connectivity index (χ1v) is 9.26. The quantitative estimate of drug-likeness (QED) is 0.549. The molecule has 1 aliphatic heterocycles. The first-order chi connectivity index (χ1) is 13.3. The Hall–Kier alpha value is -3.27. The van der Waals surface area contributed by atoms with Gasteiger partial charge in [0, 0.05) is 0 Å². The normalized spacial score (nSPS) is 18.7. The van der Waals surface area contributed by atoms with Crippen molar-refractivity contribution in [3.63, 3.8) is 0 Å². The number of anilines is 1. The molecule has 2 atom stereocenters. The molecule has 0 aliphatic carbocycles. The molecule has 0 spiro atoms. The number of para-hydroxylation sites is 2. The van der Waals surface area contributed by atoms with Gasteiger partial charge in [-0.15, -0.1) is 0 Å². The Morgan fingerprint density at radius 3 is 2.56 bits per heavy atom. The lowest BCUT2D eigenvalue weighted by atomic mass is 9.93. The van der Waals surface area contributed by atoms with Crippen LogP contribution in [-0.2, 0) is 0 Å². The monoisotopic (exact) mass is 355 g/mol. The lowest BCUT2D eigenvalue weighted by Gasteiger charge is -2.33. The number of nitrogens with zero attached hydrogens (tertiary/aromatic N) is 2. The highest BCUT2D eigenvalue weighted by Crippen LogP contribution is 2.41. The van der Waals surface area contributed by atoms with Crippen molar-refractivity contribution in [1.29, 1.82) is 0 Å². The van der Waals surface area contributed by atoms with Crippen LogP contribution in [0, 0.1) is 0 Å². The maximum atomic E-state index is 5.47. The molecular formula is C23H21N3O. The Morgan fingerprint density at radius 1 is 0.926 bits per heavy atom. The summed E-state index contributed by atoms with van der Waals surface area (Å²) in [5, 5.41) is 3.65. The molecule has 1 aliphatic rings. The van der Waals surface area contributed by atoms with E-state index >= 15 is 0 Å². The molecule has 4 heteroatoms. The minimum Gasteiger partial charge on any atom is -0.497 e. The summed E-state index contributed by atoms with van der Waals surface area (Å²) in [6.07, 6.45) is 0.949. The molecule has 0 amide bonds. The molecule has 134 valence electrons. The number of methoxy groups -OCH3 is 1. The van der Waals surface area contributed by atoms with Gasteiger partial charge in [-0.05, 0) is 41.8 Å². The number of aromatic nitrogens is 2. The molecule has 0 fully saturated rings. The average molecular weight is 355 g/mol. The van der Waals surface area contributed by atoms with Crippen LogP contribution >= 0.6 is 0 Å². The number of hydrogen-bond acceptors (Lipinski definition) is 3. The summed E-state index contributed by atoms with van der Waals surface area (Å²) in [5.41, 5.74) is 4.69. The third-order valence-corrected chi connectivity index (χ3v) is 5.35. The zero-order valence-electron chi connectivity index (χ0n) is 15.2. The van der Waals surface area contributed by atoms with Crippen LogP contribution in [0.2, 0.25) is 0 Å². The summed E-state index contributed by atoms with van der Waals surface area (Å²) in [5.74, 6) is 1.80. The molecule has 2 heterocycles. The summed E-state index contributed by atoms with van der Waals surface area (Å²) >= 11 is 0. The Balaban J connectivity index is 1.67.